The molecule has 1 atom stereocenters. The number of carbonyl (C=O) groups excluding carboxylic acids is 1. The lowest BCUT2D eigenvalue weighted by Crippen LogP contribution is -2.37. The minimum atomic E-state index is -0.801. The van der Waals surface area contributed by atoms with Crippen LogP contribution in [-0.2, 0) is 16.0 Å². The number of nitrogens with one attached hydrogen (secondary N) is 1. The Bertz CT molecular complexity index is 1570. The Balaban J connectivity index is 1.34. The first-order valence-electron chi connectivity index (χ1n) is 13.5. The molecule has 5 rings (SSSR count). The van der Waals surface area contributed by atoms with Gasteiger partial charge in [0.2, 0.25) is 5.56 Å². The maximum absolute atomic E-state index is 11.2. The lowest BCUT2D eigenvalue weighted by atomic mass is 10.1. The standard InChI is InChI=1S/C30H30ClN7O4/c31-29(25-8-3-10-35-37-25)42-23-7-2-6-22(18-23)36-30-24-17-21(5-1-9-28(32)39)27(19-26(24)33-20-34-30)41-14-4-11-38-12-15-40-16-13-38/h2-3,6-8,10,17-20,29H,4-5,11-16H2,(H2,32,39)(H,33,34,36). The molecule has 11 nitrogen and oxygen atoms in total. The fourth-order valence-electron chi connectivity index (χ4n) is 4.42. The van der Waals surface area contributed by atoms with Crippen LogP contribution in [-0.4, -0.2) is 70.4 Å². The largest absolute Gasteiger partial charge is 0.493 e. The summed E-state index contributed by atoms with van der Waals surface area (Å²) in [7, 11) is 0. The third-order valence-electron chi connectivity index (χ3n) is 6.45. The Labute approximate surface area is 248 Å². The van der Waals surface area contributed by atoms with Crippen molar-refractivity contribution in [3.8, 4) is 23.3 Å². The average molecular weight is 588 g/mol. The van der Waals surface area contributed by atoms with Crippen LogP contribution >= 0.6 is 11.6 Å². The molecule has 3 heterocycles. The van der Waals surface area contributed by atoms with E-state index in [0.29, 0.717) is 35.1 Å². The first kappa shape index (κ1) is 29.0. The van der Waals surface area contributed by atoms with Gasteiger partial charge in [0.1, 0.15) is 29.3 Å². The molecule has 1 aliphatic heterocycles. The van der Waals surface area contributed by atoms with Gasteiger partial charge >= 0.3 is 0 Å². The van der Waals surface area contributed by atoms with Crippen molar-refractivity contribution < 1.29 is 19.0 Å². The molecule has 0 spiro atoms. The molecule has 216 valence electrons. The number of hydrogen-bond acceptors (Lipinski definition) is 10. The lowest BCUT2D eigenvalue weighted by molar-refractivity contribution is -0.112. The molecule has 42 heavy (non-hydrogen) atoms. The van der Waals surface area contributed by atoms with Crippen LogP contribution in [0.5, 0.6) is 11.5 Å². The summed E-state index contributed by atoms with van der Waals surface area (Å²) >= 11 is 6.38. The normalized spacial score (nSPS) is 14.0. The van der Waals surface area contributed by atoms with E-state index in [0.717, 1.165) is 55.9 Å². The topological polar surface area (TPSA) is 138 Å². The minimum Gasteiger partial charge on any atom is -0.493 e. The Morgan fingerprint density at radius 2 is 2.05 bits per heavy atom. The van der Waals surface area contributed by atoms with E-state index >= 15 is 0 Å². The Kier molecular flexibility index (Phi) is 9.95. The third kappa shape index (κ3) is 8.04. The van der Waals surface area contributed by atoms with Gasteiger partial charge in [-0.05, 0) is 42.7 Å². The molecule has 0 aliphatic carbocycles. The highest BCUT2D eigenvalue weighted by molar-refractivity contribution is 6.19. The number of rotatable bonds is 11. The van der Waals surface area contributed by atoms with Crippen LogP contribution in [0.15, 0.2) is 61.1 Å². The molecule has 1 aliphatic rings. The lowest BCUT2D eigenvalue weighted by Gasteiger charge is -2.26. The number of nitrogens with zero attached hydrogens (tertiary/aromatic N) is 5. The third-order valence-corrected chi connectivity index (χ3v) is 6.76. The van der Waals surface area contributed by atoms with Gasteiger partial charge in [-0.3, -0.25) is 9.69 Å². The molecular weight excluding hydrogens is 558 g/mol. The van der Waals surface area contributed by atoms with E-state index in [-0.39, 0.29) is 6.42 Å². The van der Waals surface area contributed by atoms with Crippen molar-refractivity contribution in [2.24, 2.45) is 5.73 Å². The van der Waals surface area contributed by atoms with Crippen molar-refractivity contribution in [2.45, 2.75) is 18.4 Å². The molecule has 0 radical (unpaired) electrons. The van der Waals surface area contributed by atoms with Crippen LogP contribution in [0.2, 0.25) is 0 Å². The van der Waals surface area contributed by atoms with E-state index in [2.05, 4.69) is 42.2 Å². The van der Waals surface area contributed by atoms with Gasteiger partial charge in [-0.15, -0.1) is 0 Å². The molecule has 2 aromatic carbocycles. The molecule has 1 saturated heterocycles. The quantitative estimate of drug-likeness (QED) is 0.152. The Hall–Kier alpha value is -4.50. The molecule has 0 saturated carbocycles. The number of fused-ring (bicyclic) bond motifs is 1. The summed E-state index contributed by atoms with van der Waals surface area (Å²) in [5, 5.41) is 11.9. The fourth-order valence-corrected chi connectivity index (χ4v) is 4.64. The van der Waals surface area contributed by atoms with Gasteiger partial charge in [0.05, 0.1) is 25.3 Å². The van der Waals surface area contributed by atoms with Crippen LogP contribution in [0.3, 0.4) is 0 Å². The smallest absolute Gasteiger partial charge is 0.293 e. The zero-order valence-electron chi connectivity index (χ0n) is 22.8. The molecule has 1 unspecified atom stereocenters. The Morgan fingerprint density at radius 1 is 1.17 bits per heavy atom. The van der Waals surface area contributed by atoms with Gasteiger partial charge in [0.25, 0.3) is 5.91 Å². The number of alkyl halides is 1. The van der Waals surface area contributed by atoms with Gasteiger partial charge in [0, 0.05) is 61.0 Å². The van der Waals surface area contributed by atoms with E-state index < -0.39 is 11.5 Å². The molecule has 2 aromatic heterocycles. The molecule has 1 amide bonds. The van der Waals surface area contributed by atoms with Crippen LogP contribution in [0, 0.1) is 11.8 Å². The highest BCUT2D eigenvalue weighted by Gasteiger charge is 2.15. The first-order valence-corrected chi connectivity index (χ1v) is 13.9. The monoisotopic (exact) mass is 587 g/mol. The van der Waals surface area contributed by atoms with Crippen molar-refractivity contribution >= 4 is 39.9 Å². The van der Waals surface area contributed by atoms with E-state index in [1.807, 2.05) is 30.3 Å². The second kappa shape index (κ2) is 14.4. The SMILES string of the molecule is NC(=O)C#CCc1cc2c(Nc3cccc(OC(Cl)c4cccnn4)c3)ncnc2cc1OCCCN1CCOCC1. The number of carbonyl (C=O) groups is 1. The number of anilines is 2. The molecule has 12 heteroatoms. The summed E-state index contributed by atoms with van der Waals surface area (Å²) in [6, 6.07) is 14.6. The molecular formula is C30H30ClN7O4. The van der Waals surface area contributed by atoms with Gasteiger partial charge in [-0.25, -0.2) is 9.97 Å². The predicted octanol–water partition coefficient (Wildman–Crippen LogP) is 3.61. The highest BCUT2D eigenvalue weighted by Crippen LogP contribution is 2.32. The number of nitrogens with two attached hydrogens (primary N) is 1. The first-order chi connectivity index (χ1) is 20.5. The second-order valence-electron chi connectivity index (χ2n) is 9.43. The summed E-state index contributed by atoms with van der Waals surface area (Å²) in [5.41, 5.74) is 7.15. The molecule has 0 bridgehead atoms. The van der Waals surface area contributed by atoms with Crippen LogP contribution in [0.25, 0.3) is 10.9 Å². The number of morpholine rings is 1. The fraction of sp³-hybridized carbons (Fsp3) is 0.300. The van der Waals surface area contributed by atoms with Gasteiger partial charge < -0.3 is 25.3 Å². The van der Waals surface area contributed by atoms with Gasteiger partial charge in [-0.1, -0.05) is 23.6 Å². The Morgan fingerprint density at radius 3 is 2.86 bits per heavy atom. The number of ether oxygens (including phenoxy) is 3. The van der Waals surface area contributed by atoms with Crippen LogP contribution < -0.4 is 20.5 Å². The van der Waals surface area contributed by atoms with Gasteiger partial charge in [-0.2, -0.15) is 10.2 Å². The van der Waals surface area contributed by atoms with E-state index in [1.54, 1.807) is 24.4 Å². The molecule has 3 N–H and O–H groups in total. The maximum Gasteiger partial charge on any atom is 0.293 e. The minimum absolute atomic E-state index is 0.273. The number of primary amides is 1. The molecule has 1 fully saturated rings. The number of benzene rings is 2. The van der Waals surface area contributed by atoms with Crippen molar-refractivity contribution in [3.05, 3.63) is 72.3 Å². The average Bonchev–Trinajstić information content (AvgIpc) is 3.00. The zero-order valence-corrected chi connectivity index (χ0v) is 23.6. The van der Waals surface area contributed by atoms with E-state index in [1.165, 1.54) is 6.33 Å². The van der Waals surface area contributed by atoms with Crippen LogP contribution in [0.1, 0.15) is 23.2 Å². The number of aromatic nitrogens is 4. The van der Waals surface area contributed by atoms with Crippen molar-refractivity contribution in [1.82, 2.24) is 25.1 Å². The number of hydrogen-bond donors (Lipinski definition) is 2. The maximum atomic E-state index is 11.2. The second-order valence-corrected chi connectivity index (χ2v) is 9.83. The zero-order chi connectivity index (χ0) is 29.1. The van der Waals surface area contributed by atoms with Crippen molar-refractivity contribution in [1.29, 1.82) is 0 Å². The summed E-state index contributed by atoms with van der Waals surface area (Å²) in [6.45, 7) is 4.84. The summed E-state index contributed by atoms with van der Waals surface area (Å²) in [4.78, 5) is 22.5. The summed E-state index contributed by atoms with van der Waals surface area (Å²) in [6.07, 6.45) is 4.19. The molecule has 4 aromatic rings. The summed E-state index contributed by atoms with van der Waals surface area (Å²) < 4.78 is 17.5. The highest BCUT2D eigenvalue weighted by atomic mass is 35.5. The van der Waals surface area contributed by atoms with Gasteiger partial charge in [0.15, 0.2) is 0 Å². The number of amides is 1. The van der Waals surface area contributed by atoms with Crippen molar-refractivity contribution in [3.63, 3.8) is 0 Å². The van der Waals surface area contributed by atoms with E-state index in [4.69, 9.17) is 31.5 Å². The predicted molar refractivity (Wildman–Crippen MR) is 159 cm³/mol. The van der Waals surface area contributed by atoms with Crippen LogP contribution in [0.4, 0.5) is 11.5 Å². The summed E-state index contributed by atoms with van der Waals surface area (Å²) in [5.74, 6) is 6.32. The van der Waals surface area contributed by atoms with Crippen molar-refractivity contribution in [2.75, 3.05) is 44.8 Å². The van der Waals surface area contributed by atoms with E-state index in [9.17, 15) is 4.79 Å². The number of halogens is 1.